The Bertz CT molecular complexity index is 685. The molecule has 4 nitrogen and oxygen atoms in total. The van der Waals surface area contributed by atoms with E-state index in [1.807, 2.05) is 6.07 Å². The summed E-state index contributed by atoms with van der Waals surface area (Å²) < 4.78 is 0. The normalized spacial score (nSPS) is 13.9. The number of nitrogens with two attached hydrogens (primary N) is 1. The topological polar surface area (TPSA) is 63.3 Å². The number of fused-ring (bicyclic) bond motifs is 1. The molecule has 122 valence electrons. The van der Waals surface area contributed by atoms with Crippen LogP contribution in [0, 0.1) is 0 Å². The molecule has 0 unspecified atom stereocenters. The van der Waals surface area contributed by atoms with Gasteiger partial charge in [-0.3, -0.25) is 0 Å². The van der Waals surface area contributed by atoms with Crippen LogP contribution in [0.15, 0.2) is 41.5 Å². The van der Waals surface area contributed by atoms with Crippen LogP contribution in [0.5, 0.6) is 0 Å². The number of benzene rings is 1. The number of hydrogen-bond acceptors (Lipinski definition) is 2. The minimum atomic E-state index is 0. The number of rotatable bonds is 3. The van der Waals surface area contributed by atoms with Gasteiger partial charge < -0.3 is 11.1 Å². The highest BCUT2D eigenvalue weighted by Crippen LogP contribution is 2.27. The lowest BCUT2D eigenvalue weighted by Gasteiger charge is -2.19. The van der Waals surface area contributed by atoms with Crippen LogP contribution >= 0.6 is 35.6 Å². The lowest BCUT2D eigenvalue weighted by Crippen LogP contribution is -2.24. The lowest BCUT2D eigenvalue weighted by atomic mass is 9.90. The highest BCUT2D eigenvalue weighted by molar-refractivity contribution is 14.0. The van der Waals surface area contributed by atoms with Gasteiger partial charge in [0.15, 0.2) is 5.96 Å². The van der Waals surface area contributed by atoms with E-state index in [-0.39, 0.29) is 24.0 Å². The van der Waals surface area contributed by atoms with Gasteiger partial charge in [-0.05, 0) is 54.5 Å². The average molecular weight is 443 g/mol. The number of hydrogen-bond donors (Lipinski definition) is 2. The van der Waals surface area contributed by atoms with Crippen molar-refractivity contribution in [3.63, 3.8) is 0 Å². The van der Waals surface area contributed by atoms with E-state index in [2.05, 4.69) is 33.5 Å². The Balaban J connectivity index is 0.00000192. The average Bonchev–Trinajstić information content (AvgIpc) is 2.55. The zero-order chi connectivity index (χ0) is 15.4. The second-order valence-electron chi connectivity index (χ2n) is 5.47. The van der Waals surface area contributed by atoms with E-state index < -0.39 is 0 Å². The molecule has 3 N–H and O–H groups in total. The molecule has 1 heterocycles. The monoisotopic (exact) mass is 442 g/mol. The summed E-state index contributed by atoms with van der Waals surface area (Å²) in [4.78, 5) is 8.40. The number of aromatic nitrogens is 1. The van der Waals surface area contributed by atoms with E-state index in [1.54, 1.807) is 12.3 Å². The first-order valence-corrected chi connectivity index (χ1v) is 7.88. The second kappa shape index (κ2) is 8.49. The predicted molar refractivity (Wildman–Crippen MR) is 107 cm³/mol. The fourth-order valence-electron chi connectivity index (χ4n) is 2.75. The molecule has 0 spiro atoms. The molecule has 0 fully saturated rings. The number of aryl methyl sites for hydroxylation is 1. The summed E-state index contributed by atoms with van der Waals surface area (Å²) in [6.45, 7) is 0.484. The smallest absolute Gasteiger partial charge is 0.193 e. The molecule has 6 heteroatoms. The maximum atomic E-state index is 6.01. The second-order valence-corrected chi connectivity index (χ2v) is 5.85. The lowest BCUT2D eigenvalue weighted by molar-refractivity contribution is 0.687. The number of nitrogens with zero attached hydrogens (tertiary/aromatic N) is 2. The van der Waals surface area contributed by atoms with Crippen LogP contribution in [0.2, 0.25) is 5.15 Å². The summed E-state index contributed by atoms with van der Waals surface area (Å²) in [6, 6.07) is 9.99. The van der Waals surface area contributed by atoms with E-state index in [4.69, 9.17) is 17.3 Å². The zero-order valence-corrected chi connectivity index (χ0v) is 15.8. The van der Waals surface area contributed by atoms with Gasteiger partial charge in [0.25, 0.3) is 0 Å². The van der Waals surface area contributed by atoms with Gasteiger partial charge in [-0.1, -0.05) is 29.8 Å². The van der Waals surface area contributed by atoms with Crippen LogP contribution in [0.1, 0.15) is 29.5 Å². The number of nitrogens with one attached hydrogen (secondary N) is 1. The minimum Gasteiger partial charge on any atom is -0.370 e. The number of pyridine rings is 1. The molecule has 1 aliphatic carbocycles. The highest BCUT2D eigenvalue weighted by Gasteiger charge is 2.12. The summed E-state index contributed by atoms with van der Waals surface area (Å²) in [5, 5.41) is 3.71. The predicted octanol–water partition coefficient (Wildman–Crippen LogP) is 4.16. The van der Waals surface area contributed by atoms with Crippen molar-refractivity contribution < 1.29 is 0 Å². The van der Waals surface area contributed by atoms with Crippen LogP contribution < -0.4 is 11.1 Å². The summed E-state index contributed by atoms with van der Waals surface area (Å²) in [5.41, 5.74) is 10.9. The minimum absolute atomic E-state index is 0. The van der Waals surface area contributed by atoms with Crippen LogP contribution in [0.25, 0.3) is 0 Å². The van der Waals surface area contributed by atoms with E-state index in [9.17, 15) is 0 Å². The molecule has 0 saturated heterocycles. The van der Waals surface area contributed by atoms with Gasteiger partial charge in [-0.25, -0.2) is 9.98 Å². The van der Waals surface area contributed by atoms with Crippen LogP contribution in [-0.2, 0) is 19.4 Å². The summed E-state index contributed by atoms with van der Waals surface area (Å²) in [6.07, 6.45) is 6.47. The van der Waals surface area contributed by atoms with Crippen molar-refractivity contribution in [2.24, 2.45) is 10.7 Å². The van der Waals surface area contributed by atoms with Crippen LogP contribution in [-0.4, -0.2) is 10.9 Å². The first-order chi connectivity index (χ1) is 10.7. The molecule has 0 saturated carbocycles. The molecule has 0 amide bonds. The third kappa shape index (κ3) is 4.81. The van der Waals surface area contributed by atoms with Crippen molar-refractivity contribution in [2.45, 2.75) is 32.2 Å². The third-order valence-electron chi connectivity index (χ3n) is 3.88. The Morgan fingerprint density at radius 3 is 2.83 bits per heavy atom. The van der Waals surface area contributed by atoms with Crippen molar-refractivity contribution in [2.75, 3.05) is 5.32 Å². The van der Waals surface area contributed by atoms with Gasteiger partial charge in [0.1, 0.15) is 5.15 Å². The van der Waals surface area contributed by atoms with Crippen molar-refractivity contribution in [1.82, 2.24) is 4.98 Å². The number of guanidine groups is 1. The number of aliphatic imine (C=N–C) groups is 1. The summed E-state index contributed by atoms with van der Waals surface area (Å²) in [7, 11) is 0. The van der Waals surface area contributed by atoms with Gasteiger partial charge in [-0.2, -0.15) is 0 Å². The van der Waals surface area contributed by atoms with Gasteiger partial charge in [-0.15, -0.1) is 24.0 Å². The van der Waals surface area contributed by atoms with Crippen molar-refractivity contribution in [3.8, 4) is 0 Å². The highest BCUT2D eigenvalue weighted by atomic mass is 127. The van der Waals surface area contributed by atoms with E-state index in [0.29, 0.717) is 17.7 Å². The molecule has 0 atom stereocenters. The third-order valence-corrected chi connectivity index (χ3v) is 4.10. The van der Waals surface area contributed by atoms with E-state index in [0.717, 1.165) is 24.1 Å². The Morgan fingerprint density at radius 1 is 1.22 bits per heavy atom. The molecular formula is C17H20ClIN4. The van der Waals surface area contributed by atoms with Crippen molar-refractivity contribution >= 4 is 47.2 Å². The Hall–Kier alpha value is -1.34. The standard InChI is InChI=1S/C17H19ClN4.HI/c18-16-9-8-12(10-20-16)11-21-17(19)22-15-7-3-5-13-4-1-2-6-14(13)15;/h3,5,7-10H,1-2,4,6,11H2,(H3,19,21,22);1H. The molecule has 0 radical (unpaired) electrons. The molecule has 0 bridgehead atoms. The molecule has 2 aromatic rings. The number of halogens is 2. The molecule has 23 heavy (non-hydrogen) atoms. The van der Waals surface area contributed by atoms with Gasteiger partial charge in [0.05, 0.1) is 6.54 Å². The molecule has 1 aromatic heterocycles. The molecular weight excluding hydrogens is 423 g/mol. The quantitative estimate of drug-likeness (QED) is 0.325. The molecule has 0 aliphatic heterocycles. The maximum absolute atomic E-state index is 6.01. The van der Waals surface area contributed by atoms with E-state index >= 15 is 0 Å². The van der Waals surface area contributed by atoms with Gasteiger partial charge in [0.2, 0.25) is 0 Å². The Labute approximate surface area is 158 Å². The maximum Gasteiger partial charge on any atom is 0.193 e. The molecule has 1 aliphatic rings. The first-order valence-electron chi connectivity index (χ1n) is 7.50. The zero-order valence-electron chi connectivity index (χ0n) is 12.8. The number of anilines is 1. The van der Waals surface area contributed by atoms with Gasteiger partial charge in [0, 0.05) is 11.9 Å². The van der Waals surface area contributed by atoms with Crippen LogP contribution in [0.3, 0.4) is 0 Å². The molecule has 3 rings (SSSR count). The first kappa shape index (κ1) is 18.0. The summed E-state index contributed by atoms with van der Waals surface area (Å²) in [5.74, 6) is 0.425. The largest absolute Gasteiger partial charge is 0.370 e. The fraction of sp³-hybridized carbons (Fsp3) is 0.294. The molecule has 1 aromatic carbocycles. The van der Waals surface area contributed by atoms with Gasteiger partial charge >= 0.3 is 0 Å². The van der Waals surface area contributed by atoms with Crippen LogP contribution in [0.4, 0.5) is 5.69 Å². The Kier molecular flexibility index (Phi) is 6.65. The fourth-order valence-corrected chi connectivity index (χ4v) is 2.86. The Morgan fingerprint density at radius 2 is 2.04 bits per heavy atom. The SMILES string of the molecule is I.NC(=NCc1ccc(Cl)nc1)Nc1cccc2c1CCCC2. The van der Waals surface area contributed by atoms with E-state index in [1.165, 1.54) is 24.0 Å². The van der Waals surface area contributed by atoms with Crippen molar-refractivity contribution in [1.29, 1.82) is 0 Å². The van der Waals surface area contributed by atoms with Crippen molar-refractivity contribution in [3.05, 3.63) is 58.4 Å². The summed E-state index contributed by atoms with van der Waals surface area (Å²) >= 11 is 5.77.